The monoisotopic (exact) mass is 840 g/mol. The van der Waals surface area contributed by atoms with Crippen molar-refractivity contribution in [2.75, 3.05) is 54.4 Å². The molecule has 0 radical (unpaired) electrons. The molecule has 5 rings (SSSR count). The minimum absolute atomic E-state index is 0. The molecule has 296 valence electrons. The van der Waals surface area contributed by atoms with Crippen molar-refractivity contribution in [3.63, 3.8) is 0 Å². The molecular formula is C42H54N8O4Pd. The minimum atomic E-state index is -1.14. The van der Waals surface area contributed by atoms with Crippen LogP contribution in [0.4, 0.5) is 0 Å². The molecule has 0 fully saturated rings. The van der Waals surface area contributed by atoms with Gasteiger partial charge in [0.1, 0.15) is 0 Å². The second kappa shape index (κ2) is 18.5. The zero-order valence-electron chi connectivity index (χ0n) is 33.5. The number of carboxylic acids is 1. The molecule has 5 heterocycles. The SMILES string of the molecule is C=Cc1c(C)c2cc3nc(c(CC(=O)NCCN(C)C)c4[n-]c(cc5nc(cc1[n-]2)C(C)=C5CC)c(C)c4C(=O)O)C(CCC(=O)NCCN(C)C)C3C.[Pd+2]. The molecule has 0 aromatic carbocycles. The summed E-state index contributed by atoms with van der Waals surface area (Å²) in [6.45, 7) is 16.3. The van der Waals surface area contributed by atoms with Gasteiger partial charge in [0.25, 0.3) is 0 Å². The number of fused-ring (bicyclic) bond motifs is 8. The Hall–Kier alpha value is -4.41. The Labute approximate surface area is 338 Å². The number of rotatable bonds is 14. The van der Waals surface area contributed by atoms with Crippen molar-refractivity contribution in [1.29, 1.82) is 0 Å². The number of nitrogens with zero attached hydrogens (tertiary/aromatic N) is 6. The van der Waals surface area contributed by atoms with E-state index in [2.05, 4.69) is 31.1 Å². The van der Waals surface area contributed by atoms with Crippen molar-refractivity contribution >= 4 is 57.1 Å². The largest absolute Gasteiger partial charge is 2.00 e. The van der Waals surface area contributed by atoms with Crippen LogP contribution in [0, 0.1) is 13.8 Å². The van der Waals surface area contributed by atoms with Crippen LogP contribution in [0.5, 0.6) is 0 Å². The van der Waals surface area contributed by atoms with Crippen molar-refractivity contribution in [2.45, 2.75) is 72.1 Å². The van der Waals surface area contributed by atoms with Gasteiger partial charge in [0, 0.05) is 61.4 Å². The summed E-state index contributed by atoms with van der Waals surface area (Å²) < 4.78 is 0. The summed E-state index contributed by atoms with van der Waals surface area (Å²) in [5, 5.41) is 16.7. The van der Waals surface area contributed by atoms with Crippen LogP contribution in [0.2, 0.25) is 0 Å². The number of likely N-dealkylation sites (N-methyl/N-ethyl adjacent to an activating group) is 2. The summed E-state index contributed by atoms with van der Waals surface area (Å²) in [6.07, 6.45) is 3.04. The number of aromatic carboxylic acids is 1. The van der Waals surface area contributed by atoms with E-state index in [9.17, 15) is 19.5 Å². The second-order valence-electron chi connectivity index (χ2n) is 14.9. The maximum absolute atomic E-state index is 13.7. The van der Waals surface area contributed by atoms with Gasteiger partial charge in [-0.3, -0.25) is 14.6 Å². The Kier molecular flexibility index (Phi) is 14.6. The van der Waals surface area contributed by atoms with E-state index in [0.717, 1.165) is 44.7 Å². The van der Waals surface area contributed by atoms with Gasteiger partial charge in [-0.2, -0.15) is 0 Å². The molecule has 2 unspecified atom stereocenters. The smallest absolute Gasteiger partial charge is 0.657 e. The summed E-state index contributed by atoms with van der Waals surface area (Å²) in [6, 6.07) is 5.80. The van der Waals surface area contributed by atoms with Gasteiger partial charge in [-0.25, -0.2) is 9.78 Å². The van der Waals surface area contributed by atoms with E-state index in [-0.39, 0.29) is 68.0 Å². The third-order valence-corrected chi connectivity index (χ3v) is 10.6. The topological polar surface area (TPSA) is 156 Å². The fourth-order valence-electron chi connectivity index (χ4n) is 7.37. The molecule has 2 atom stereocenters. The van der Waals surface area contributed by atoms with E-state index in [4.69, 9.17) is 19.9 Å². The van der Waals surface area contributed by atoms with Crippen molar-refractivity contribution in [3.8, 4) is 0 Å². The zero-order chi connectivity index (χ0) is 39.4. The quantitative estimate of drug-likeness (QED) is 0.179. The Morgan fingerprint density at radius 1 is 0.891 bits per heavy atom. The normalized spacial score (nSPS) is 15.3. The van der Waals surface area contributed by atoms with Crippen molar-refractivity contribution in [1.82, 2.24) is 40.4 Å². The number of nitrogens with one attached hydrogen (secondary N) is 2. The van der Waals surface area contributed by atoms with Crippen LogP contribution >= 0.6 is 0 Å². The van der Waals surface area contributed by atoms with E-state index in [1.807, 2.05) is 76.1 Å². The number of hydrogen-bond donors (Lipinski definition) is 3. The summed E-state index contributed by atoms with van der Waals surface area (Å²) in [7, 11) is 7.77. The number of aromatic nitrogens is 4. The summed E-state index contributed by atoms with van der Waals surface area (Å²) >= 11 is 0. The number of carbonyl (C=O) groups excluding carboxylic acids is 2. The Bertz CT molecular complexity index is 2160. The molecule has 0 spiro atoms. The first kappa shape index (κ1) is 43.3. The maximum atomic E-state index is 13.7. The Morgan fingerprint density at radius 3 is 2.11 bits per heavy atom. The molecule has 3 aromatic heterocycles. The molecule has 3 aromatic rings. The standard InChI is InChI=1S/C42H56N8O4.Pd/c1-11-27-23(3)31-20-33-25(5)29(13-14-37(51)43-15-17-49(7)8)40(47-33)30(19-38(52)44-16-18-50(9)10)41-39(42(53)54)26(6)34(48-41)22-36-28(12-2)24(4)32(46-36)21-35(27)45-31;/h11,20-22,25,29H,1,12-19H2,2-10H3,(H5,43,44,45,46,47,48,51,52,53,54);/q;+2/p-2. The number of carbonyl (C=O) groups is 3. The third kappa shape index (κ3) is 9.53. The molecule has 3 N–H and O–H groups in total. The van der Waals surface area contributed by atoms with Crippen LogP contribution in [-0.2, 0) is 36.4 Å². The third-order valence-electron chi connectivity index (χ3n) is 10.6. The van der Waals surface area contributed by atoms with Crippen molar-refractivity contribution in [3.05, 3.63) is 75.4 Å². The first-order valence-electron chi connectivity index (χ1n) is 18.7. The molecule has 2 aliphatic rings. The van der Waals surface area contributed by atoms with Gasteiger partial charge in [-0.1, -0.05) is 55.8 Å². The number of aryl methyl sites for hydroxylation is 2. The zero-order valence-corrected chi connectivity index (χ0v) is 35.1. The minimum Gasteiger partial charge on any atom is -0.657 e. The molecule has 12 nitrogen and oxygen atoms in total. The van der Waals surface area contributed by atoms with Gasteiger partial charge < -0.3 is 35.5 Å². The fourth-order valence-corrected chi connectivity index (χ4v) is 7.37. The number of amides is 2. The first-order chi connectivity index (χ1) is 25.6. The molecule has 13 heteroatoms. The van der Waals surface area contributed by atoms with Gasteiger partial charge in [0.2, 0.25) is 11.8 Å². The molecule has 0 aliphatic carbocycles. The molecule has 2 aliphatic heterocycles. The number of hydrogen-bond acceptors (Lipinski definition) is 7. The van der Waals surface area contributed by atoms with Gasteiger partial charge in [-0.05, 0) is 84.1 Å². The van der Waals surface area contributed by atoms with Crippen LogP contribution in [0.3, 0.4) is 0 Å². The summed E-state index contributed by atoms with van der Waals surface area (Å²) in [5.41, 5.74) is 9.77. The van der Waals surface area contributed by atoms with E-state index in [1.165, 1.54) is 0 Å². The first-order valence-corrected chi connectivity index (χ1v) is 18.7. The van der Waals surface area contributed by atoms with Gasteiger partial charge in [0.05, 0.1) is 17.8 Å². The summed E-state index contributed by atoms with van der Waals surface area (Å²) in [5.74, 6) is -1.99. The Morgan fingerprint density at radius 2 is 1.51 bits per heavy atom. The fraction of sp³-hybridized carbons (Fsp3) is 0.452. The van der Waals surface area contributed by atoms with Crippen LogP contribution in [0.15, 0.2) is 24.8 Å². The Balaban J connectivity index is 0.00000673. The van der Waals surface area contributed by atoms with Gasteiger partial charge in [-0.15, -0.1) is 22.1 Å². The van der Waals surface area contributed by atoms with Crippen molar-refractivity contribution < 1.29 is 39.9 Å². The summed E-state index contributed by atoms with van der Waals surface area (Å²) in [4.78, 5) is 64.3. The molecule has 55 heavy (non-hydrogen) atoms. The van der Waals surface area contributed by atoms with Crippen LogP contribution in [0.25, 0.3) is 39.3 Å². The predicted molar refractivity (Wildman–Crippen MR) is 215 cm³/mol. The molecule has 2 amide bonds. The van der Waals surface area contributed by atoms with Crippen LogP contribution in [0.1, 0.15) is 107 Å². The van der Waals surface area contributed by atoms with Crippen molar-refractivity contribution in [2.24, 2.45) is 0 Å². The molecule has 0 saturated carbocycles. The maximum Gasteiger partial charge on any atom is 2.00 e. The van der Waals surface area contributed by atoms with E-state index in [0.29, 0.717) is 67.1 Å². The van der Waals surface area contributed by atoms with Crippen LogP contribution in [-0.4, -0.2) is 97.0 Å². The average molecular weight is 841 g/mol. The van der Waals surface area contributed by atoms with E-state index >= 15 is 0 Å². The molecule has 8 bridgehead atoms. The average Bonchev–Trinajstić information content (AvgIpc) is 3.78. The van der Waals surface area contributed by atoms with E-state index < -0.39 is 5.97 Å². The van der Waals surface area contributed by atoms with Gasteiger partial charge >= 0.3 is 26.4 Å². The number of carboxylic acid groups (broad SMARTS) is 1. The van der Waals surface area contributed by atoms with Crippen LogP contribution < -0.4 is 20.6 Å². The second-order valence-corrected chi connectivity index (χ2v) is 14.9. The predicted octanol–water partition coefficient (Wildman–Crippen LogP) is 5.43. The number of allylic oxidation sites excluding steroid dienone is 2. The van der Waals surface area contributed by atoms with Gasteiger partial charge in [0.15, 0.2) is 0 Å². The molecular weight excluding hydrogens is 787 g/mol. The molecule has 0 saturated heterocycles. The van der Waals surface area contributed by atoms with E-state index in [1.54, 1.807) is 6.92 Å².